The highest BCUT2D eigenvalue weighted by Crippen LogP contribution is 2.25. The van der Waals surface area contributed by atoms with E-state index in [0.717, 1.165) is 51.1 Å². The number of hydrogen-bond acceptors (Lipinski definition) is 4. The number of rotatable bonds is 6. The molecular formula is C20H28N2O4. The minimum absolute atomic E-state index is 0.0638. The zero-order valence-electron chi connectivity index (χ0n) is 15.1. The van der Waals surface area contributed by atoms with Crippen LogP contribution in [-0.4, -0.2) is 42.7 Å². The van der Waals surface area contributed by atoms with Crippen LogP contribution in [0.25, 0.3) is 0 Å². The zero-order chi connectivity index (χ0) is 18.4. The van der Waals surface area contributed by atoms with Gasteiger partial charge in [0.1, 0.15) is 5.75 Å². The molecule has 1 aromatic rings. The number of carbonyl (C=O) groups is 2. The summed E-state index contributed by atoms with van der Waals surface area (Å²) in [5.41, 5.74) is 0.611. The number of carboxylic acid groups (broad SMARTS) is 1. The van der Waals surface area contributed by atoms with Crippen LogP contribution in [0.3, 0.4) is 0 Å². The van der Waals surface area contributed by atoms with E-state index in [1.54, 1.807) is 12.1 Å². The van der Waals surface area contributed by atoms with E-state index in [9.17, 15) is 9.59 Å². The van der Waals surface area contributed by atoms with E-state index < -0.39 is 5.97 Å². The monoisotopic (exact) mass is 360 g/mol. The molecule has 3 rings (SSSR count). The first-order chi connectivity index (χ1) is 12.6. The molecule has 6 heteroatoms. The van der Waals surface area contributed by atoms with Gasteiger partial charge >= 0.3 is 5.97 Å². The Bertz CT molecular complexity index is 603. The van der Waals surface area contributed by atoms with E-state index in [1.807, 2.05) is 12.1 Å². The summed E-state index contributed by atoms with van der Waals surface area (Å²) in [6.45, 7) is 2.84. The normalized spacial score (nSPS) is 24.0. The average molecular weight is 360 g/mol. The van der Waals surface area contributed by atoms with Gasteiger partial charge in [0.15, 0.2) is 0 Å². The van der Waals surface area contributed by atoms with Crippen molar-refractivity contribution in [3.63, 3.8) is 0 Å². The van der Waals surface area contributed by atoms with Crippen molar-refractivity contribution < 1.29 is 19.4 Å². The lowest BCUT2D eigenvalue weighted by Gasteiger charge is -2.26. The van der Waals surface area contributed by atoms with Gasteiger partial charge in [-0.3, -0.25) is 9.59 Å². The summed E-state index contributed by atoms with van der Waals surface area (Å²) in [5.74, 6) is 0.297. The lowest BCUT2D eigenvalue weighted by atomic mass is 9.86. The second kappa shape index (κ2) is 9.03. The lowest BCUT2D eigenvalue weighted by Crippen LogP contribution is -2.38. The topological polar surface area (TPSA) is 87.7 Å². The van der Waals surface area contributed by atoms with Crippen LogP contribution in [0.1, 0.15) is 48.9 Å². The first-order valence-corrected chi connectivity index (χ1v) is 9.59. The van der Waals surface area contributed by atoms with Crippen LogP contribution < -0.4 is 15.4 Å². The molecule has 26 heavy (non-hydrogen) atoms. The molecule has 0 radical (unpaired) electrons. The maximum absolute atomic E-state index is 12.4. The molecule has 1 aliphatic carbocycles. The summed E-state index contributed by atoms with van der Waals surface area (Å²) in [6, 6.07) is 7.33. The number of ether oxygens (including phenoxy) is 1. The number of aliphatic carboxylic acids is 1. The van der Waals surface area contributed by atoms with Crippen molar-refractivity contribution >= 4 is 11.9 Å². The molecule has 1 amide bonds. The van der Waals surface area contributed by atoms with Gasteiger partial charge < -0.3 is 20.5 Å². The maximum Gasteiger partial charge on any atom is 0.306 e. The van der Waals surface area contributed by atoms with Crippen molar-refractivity contribution in [1.82, 2.24) is 10.6 Å². The fourth-order valence-electron chi connectivity index (χ4n) is 3.72. The highest BCUT2D eigenvalue weighted by molar-refractivity contribution is 5.94. The predicted octanol–water partition coefficient (Wildman–Crippen LogP) is 2.44. The summed E-state index contributed by atoms with van der Waals surface area (Å²) in [7, 11) is 0. The number of benzene rings is 1. The quantitative estimate of drug-likeness (QED) is 0.725. The van der Waals surface area contributed by atoms with E-state index in [4.69, 9.17) is 9.84 Å². The molecule has 0 atom stereocenters. The fraction of sp³-hybridized carbons (Fsp3) is 0.600. The van der Waals surface area contributed by atoms with Crippen LogP contribution in [0.15, 0.2) is 24.3 Å². The van der Waals surface area contributed by atoms with Crippen molar-refractivity contribution in [2.45, 2.75) is 44.6 Å². The molecule has 1 aromatic carbocycles. The molecule has 3 N–H and O–H groups in total. The van der Waals surface area contributed by atoms with E-state index in [-0.39, 0.29) is 17.9 Å². The number of hydrogen-bond donors (Lipinski definition) is 3. The van der Waals surface area contributed by atoms with Gasteiger partial charge in [0, 0.05) is 11.6 Å². The van der Waals surface area contributed by atoms with Crippen molar-refractivity contribution in [2.24, 2.45) is 11.8 Å². The Morgan fingerprint density at radius 3 is 2.31 bits per heavy atom. The highest BCUT2D eigenvalue weighted by Gasteiger charge is 2.26. The van der Waals surface area contributed by atoms with Crippen LogP contribution in [0.2, 0.25) is 0 Å². The van der Waals surface area contributed by atoms with Crippen LogP contribution in [0.4, 0.5) is 0 Å². The molecule has 6 nitrogen and oxygen atoms in total. The van der Waals surface area contributed by atoms with Crippen LogP contribution in [0, 0.1) is 11.8 Å². The second-order valence-electron chi connectivity index (χ2n) is 7.39. The zero-order valence-corrected chi connectivity index (χ0v) is 15.1. The molecule has 1 heterocycles. The third-order valence-electron chi connectivity index (χ3n) is 5.47. The summed E-state index contributed by atoms with van der Waals surface area (Å²) in [5, 5.41) is 15.4. The van der Waals surface area contributed by atoms with Crippen molar-refractivity contribution in [2.75, 3.05) is 19.7 Å². The van der Waals surface area contributed by atoms with E-state index >= 15 is 0 Å². The van der Waals surface area contributed by atoms with Gasteiger partial charge in [-0.25, -0.2) is 0 Å². The van der Waals surface area contributed by atoms with Gasteiger partial charge in [-0.2, -0.15) is 0 Å². The number of carboxylic acids is 1. The smallest absolute Gasteiger partial charge is 0.306 e. The number of nitrogens with one attached hydrogen (secondary N) is 2. The Morgan fingerprint density at radius 1 is 1.04 bits per heavy atom. The van der Waals surface area contributed by atoms with Crippen molar-refractivity contribution in [3.8, 4) is 5.75 Å². The standard InChI is InChI=1S/C20H28N2O4/c23-19(22-17-5-1-16(2-6-17)20(24)25)15-3-7-18(8-4-15)26-13-14-9-11-21-12-10-14/h3-4,7-8,14,16-17,21H,1-2,5-6,9-13H2,(H,22,23)(H,24,25)/t16-,17-. The molecule has 0 spiro atoms. The first kappa shape index (κ1) is 18.7. The minimum atomic E-state index is -0.727. The first-order valence-electron chi connectivity index (χ1n) is 9.59. The molecule has 142 valence electrons. The SMILES string of the molecule is O=C(N[C@H]1CC[C@H](C(=O)O)CC1)c1ccc(OCC2CCNCC2)cc1. The molecule has 1 saturated carbocycles. The van der Waals surface area contributed by atoms with Gasteiger partial charge in [0.25, 0.3) is 5.91 Å². The largest absolute Gasteiger partial charge is 0.493 e. The Labute approximate surface area is 154 Å². The average Bonchev–Trinajstić information content (AvgIpc) is 2.68. The summed E-state index contributed by atoms with van der Waals surface area (Å²) >= 11 is 0. The molecule has 0 aromatic heterocycles. The summed E-state index contributed by atoms with van der Waals surface area (Å²) < 4.78 is 5.85. The number of amides is 1. The number of carbonyl (C=O) groups excluding carboxylic acids is 1. The summed E-state index contributed by atoms with van der Waals surface area (Å²) in [6.07, 6.45) is 4.99. The van der Waals surface area contributed by atoms with Gasteiger partial charge in [-0.1, -0.05) is 0 Å². The minimum Gasteiger partial charge on any atom is -0.493 e. The van der Waals surface area contributed by atoms with Gasteiger partial charge in [0.05, 0.1) is 12.5 Å². The Morgan fingerprint density at radius 2 is 1.69 bits per heavy atom. The summed E-state index contributed by atoms with van der Waals surface area (Å²) in [4.78, 5) is 23.4. The van der Waals surface area contributed by atoms with Gasteiger partial charge in [0.2, 0.25) is 0 Å². The molecule has 1 saturated heterocycles. The predicted molar refractivity (Wildman–Crippen MR) is 98.4 cm³/mol. The van der Waals surface area contributed by atoms with Crippen LogP contribution >= 0.6 is 0 Å². The molecular weight excluding hydrogens is 332 g/mol. The molecule has 0 unspecified atom stereocenters. The van der Waals surface area contributed by atoms with Crippen LogP contribution in [0.5, 0.6) is 5.75 Å². The van der Waals surface area contributed by atoms with E-state index in [1.165, 1.54) is 0 Å². The third-order valence-corrected chi connectivity index (χ3v) is 5.47. The van der Waals surface area contributed by atoms with Crippen molar-refractivity contribution in [3.05, 3.63) is 29.8 Å². The Balaban J connectivity index is 1.44. The molecule has 2 aliphatic rings. The molecule has 0 bridgehead atoms. The van der Waals surface area contributed by atoms with Crippen molar-refractivity contribution in [1.29, 1.82) is 0 Å². The fourth-order valence-corrected chi connectivity index (χ4v) is 3.72. The third kappa shape index (κ3) is 5.21. The van der Waals surface area contributed by atoms with Gasteiger partial charge in [-0.05, 0) is 81.8 Å². The highest BCUT2D eigenvalue weighted by atomic mass is 16.5. The van der Waals surface area contributed by atoms with Gasteiger partial charge in [-0.15, -0.1) is 0 Å². The maximum atomic E-state index is 12.4. The van der Waals surface area contributed by atoms with Crippen LogP contribution in [-0.2, 0) is 4.79 Å². The van der Waals surface area contributed by atoms with E-state index in [0.29, 0.717) is 24.3 Å². The Hall–Kier alpha value is -2.08. The number of piperidine rings is 1. The Kier molecular flexibility index (Phi) is 6.50. The second-order valence-corrected chi connectivity index (χ2v) is 7.39. The molecule has 1 aliphatic heterocycles. The molecule has 2 fully saturated rings. The van der Waals surface area contributed by atoms with E-state index in [2.05, 4.69) is 10.6 Å². The lowest BCUT2D eigenvalue weighted by molar-refractivity contribution is -0.142.